The van der Waals surface area contributed by atoms with Gasteiger partial charge in [-0.25, -0.2) is 0 Å². The molecule has 0 aromatic rings. The Bertz CT molecular complexity index is 214. The number of hydrogen-bond acceptors (Lipinski definition) is 4. The maximum absolute atomic E-state index is 11.3. The maximum atomic E-state index is 11.3. The van der Waals surface area contributed by atoms with E-state index in [4.69, 9.17) is 10.8 Å². The van der Waals surface area contributed by atoms with Crippen molar-refractivity contribution in [1.29, 1.82) is 0 Å². The first kappa shape index (κ1) is 15.7. The predicted octanol–water partition coefficient (Wildman–Crippen LogP) is 0.592. The van der Waals surface area contributed by atoms with E-state index >= 15 is 0 Å². The van der Waals surface area contributed by atoms with E-state index < -0.39 is 5.54 Å². The van der Waals surface area contributed by atoms with Crippen molar-refractivity contribution in [2.24, 2.45) is 11.7 Å². The lowest BCUT2D eigenvalue weighted by molar-refractivity contribution is -0.123. The summed E-state index contributed by atoms with van der Waals surface area (Å²) in [7, 11) is 0. The molecule has 1 amide bonds. The Kier molecular flexibility index (Phi) is 7.80. The van der Waals surface area contributed by atoms with Crippen LogP contribution in [-0.4, -0.2) is 41.2 Å². The molecule has 0 saturated carbocycles. The van der Waals surface area contributed by atoms with Gasteiger partial charge in [-0.3, -0.25) is 4.79 Å². The summed E-state index contributed by atoms with van der Waals surface area (Å²) in [5.74, 6) is 1.79. The van der Waals surface area contributed by atoms with Gasteiger partial charge in [0.1, 0.15) is 0 Å². The number of primary amides is 1. The number of hydrogen-bond donors (Lipinski definition) is 3. The number of aliphatic hydroxyl groups is 1. The van der Waals surface area contributed by atoms with Crippen molar-refractivity contribution in [2.75, 3.05) is 24.7 Å². The minimum Gasteiger partial charge on any atom is -0.396 e. The molecule has 0 aromatic carbocycles. The van der Waals surface area contributed by atoms with Crippen molar-refractivity contribution in [3.63, 3.8) is 0 Å². The van der Waals surface area contributed by atoms with Crippen LogP contribution in [0.3, 0.4) is 0 Å². The minimum atomic E-state index is -0.607. The molecule has 0 radical (unpaired) electrons. The molecule has 5 heteroatoms. The molecule has 2 unspecified atom stereocenters. The topological polar surface area (TPSA) is 75.3 Å². The van der Waals surface area contributed by atoms with Crippen molar-refractivity contribution in [3.8, 4) is 0 Å². The summed E-state index contributed by atoms with van der Waals surface area (Å²) in [6.07, 6.45) is 0.721. The van der Waals surface area contributed by atoms with E-state index in [0.29, 0.717) is 5.92 Å². The van der Waals surface area contributed by atoms with E-state index in [9.17, 15) is 4.79 Å². The van der Waals surface area contributed by atoms with Crippen molar-refractivity contribution >= 4 is 17.7 Å². The Hall–Kier alpha value is -0.260. The highest BCUT2D eigenvalue weighted by molar-refractivity contribution is 7.99. The molecule has 0 bridgehead atoms. The molecule has 96 valence electrons. The van der Waals surface area contributed by atoms with E-state index in [2.05, 4.69) is 5.32 Å². The Morgan fingerprint density at radius 1 is 1.62 bits per heavy atom. The van der Waals surface area contributed by atoms with E-state index in [-0.39, 0.29) is 12.5 Å². The maximum Gasteiger partial charge on any atom is 0.237 e. The first-order valence-electron chi connectivity index (χ1n) is 5.69. The second-order valence-electron chi connectivity index (χ2n) is 4.34. The molecule has 4 nitrogen and oxygen atoms in total. The quantitative estimate of drug-likeness (QED) is 0.522. The van der Waals surface area contributed by atoms with E-state index in [1.165, 1.54) is 0 Å². The average molecular weight is 248 g/mol. The summed E-state index contributed by atoms with van der Waals surface area (Å²) >= 11 is 1.75. The monoisotopic (exact) mass is 248 g/mol. The first-order valence-corrected chi connectivity index (χ1v) is 6.85. The summed E-state index contributed by atoms with van der Waals surface area (Å²) in [5.41, 5.74) is 4.77. The molecule has 0 saturated heterocycles. The number of carbonyl (C=O) groups is 1. The standard InChI is InChI=1S/C11H24N2O2S/c1-4-13-11(3,10(12)15)5-6-16-8-9(2)7-14/h9,13-14H,4-8H2,1-3H3,(H2,12,15). The molecule has 0 fully saturated rings. The van der Waals surface area contributed by atoms with E-state index in [1.54, 1.807) is 11.8 Å². The van der Waals surface area contributed by atoms with Gasteiger partial charge in [0.2, 0.25) is 5.91 Å². The Balaban J connectivity index is 3.90. The van der Waals surface area contributed by atoms with Crippen LogP contribution in [0.2, 0.25) is 0 Å². The van der Waals surface area contributed by atoms with Crippen LogP contribution in [-0.2, 0) is 4.79 Å². The van der Waals surface area contributed by atoms with Gasteiger partial charge in [0.25, 0.3) is 0 Å². The third-order valence-electron chi connectivity index (χ3n) is 2.57. The molecule has 0 aliphatic rings. The molecule has 0 spiro atoms. The third kappa shape index (κ3) is 5.72. The molecule has 0 rings (SSSR count). The lowest BCUT2D eigenvalue weighted by atomic mass is 9.98. The van der Waals surface area contributed by atoms with Crippen LogP contribution in [0, 0.1) is 5.92 Å². The molecule has 4 N–H and O–H groups in total. The second kappa shape index (κ2) is 7.92. The Labute approximate surface area is 102 Å². The highest BCUT2D eigenvalue weighted by Crippen LogP contribution is 2.16. The van der Waals surface area contributed by atoms with E-state index in [0.717, 1.165) is 24.5 Å². The second-order valence-corrected chi connectivity index (χ2v) is 5.49. The van der Waals surface area contributed by atoms with Gasteiger partial charge < -0.3 is 16.2 Å². The average Bonchev–Trinajstić information content (AvgIpc) is 2.24. The molecule has 0 aromatic heterocycles. The smallest absolute Gasteiger partial charge is 0.237 e. The SMILES string of the molecule is CCNC(C)(CCSCC(C)CO)C(N)=O. The summed E-state index contributed by atoms with van der Waals surface area (Å²) in [5, 5.41) is 12.0. The highest BCUT2D eigenvalue weighted by atomic mass is 32.2. The van der Waals surface area contributed by atoms with Crippen molar-refractivity contribution in [1.82, 2.24) is 5.32 Å². The van der Waals surface area contributed by atoms with Crippen LogP contribution in [0.4, 0.5) is 0 Å². The number of rotatable bonds is 9. The molecule has 0 aliphatic heterocycles. The minimum absolute atomic E-state index is 0.216. The normalized spacial score (nSPS) is 16.8. The predicted molar refractivity (Wildman–Crippen MR) is 69.5 cm³/mol. The molecule has 2 atom stereocenters. The van der Waals surface area contributed by atoms with Crippen LogP contribution < -0.4 is 11.1 Å². The molecule has 0 heterocycles. The van der Waals surface area contributed by atoms with Gasteiger partial charge in [-0.1, -0.05) is 13.8 Å². The number of thioether (sulfide) groups is 1. The van der Waals surface area contributed by atoms with Crippen molar-refractivity contribution < 1.29 is 9.90 Å². The highest BCUT2D eigenvalue weighted by Gasteiger charge is 2.29. The zero-order chi connectivity index (χ0) is 12.6. The van der Waals surface area contributed by atoms with Crippen LogP contribution in [0.25, 0.3) is 0 Å². The van der Waals surface area contributed by atoms with Gasteiger partial charge in [-0.05, 0) is 37.3 Å². The summed E-state index contributed by atoms with van der Waals surface area (Å²) in [4.78, 5) is 11.3. The van der Waals surface area contributed by atoms with Gasteiger partial charge in [-0.2, -0.15) is 11.8 Å². The first-order chi connectivity index (χ1) is 7.46. The zero-order valence-corrected chi connectivity index (χ0v) is 11.3. The van der Waals surface area contributed by atoms with Gasteiger partial charge in [0.15, 0.2) is 0 Å². The fraction of sp³-hybridized carbons (Fsp3) is 0.909. The van der Waals surface area contributed by atoms with Crippen LogP contribution >= 0.6 is 11.8 Å². The summed E-state index contributed by atoms with van der Waals surface area (Å²) in [6.45, 7) is 6.76. The largest absolute Gasteiger partial charge is 0.396 e. The Morgan fingerprint density at radius 2 is 2.25 bits per heavy atom. The number of likely N-dealkylation sites (N-methyl/N-ethyl adjacent to an activating group) is 1. The lowest BCUT2D eigenvalue weighted by Gasteiger charge is -2.26. The number of amides is 1. The summed E-state index contributed by atoms with van der Waals surface area (Å²) < 4.78 is 0. The van der Waals surface area contributed by atoms with Gasteiger partial charge >= 0.3 is 0 Å². The molecular weight excluding hydrogens is 224 g/mol. The van der Waals surface area contributed by atoms with E-state index in [1.807, 2.05) is 20.8 Å². The van der Waals surface area contributed by atoms with Gasteiger partial charge in [0.05, 0.1) is 5.54 Å². The number of carbonyl (C=O) groups excluding carboxylic acids is 1. The fourth-order valence-electron chi connectivity index (χ4n) is 1.30. The Morgan fingerprint density at radius 3 is 2.69 bits per heavy atom. The fourth-order valence-corrected chi connectivity index (χ4v) is 2.53. The molecular formula is C11H24N2O2S. The lowest BCUT2D eigenvalue weighted by Crippen LogP contribution is -2.53. The number of nitrogens with one attached hydrogen (secondary N) is 1. The van der Waals surface area contributed by atoms with Crippen molar-refractivity contribution in [2.45, 2.75) is 32.7 Å². The van der Waals surface area contributed by atoms with Gasteiger partial charge in [0, 0.05) is 6.61 Å². The summed E-state index contributed by atoms with van der Waals surface area (Å²) in [6, 6.07) is 0. The number of aliphatic hydroxyl groups excluding tert-OH is 1. The molecule has 16 heavy (non-hydrogen) atoms. The van der Waals surface area contributed by atoms with Crippen LogP contribution in [0.15, 0.2) is 0 Å². The van der Waals surface area contributed by atoms with Crippen LogP contribution in [0.5, 0.6) is 0 Å². The van der Waals surface area contributed by atoms with Crippen LogP contribution in [0.1, 0.15) is 27.2 Å². The molecule has 0 aliphatic carbocycles. The number of nitrogens with two attached hydrogens (primary N) is 1. The third-order valence-corrected chi connectivity index (χ3v) is 3.87. The zero-order valence-electron chi connectivity index (χ0n) is 10.5. The van der Waals surface area contributed by atoms with Gasteiger partial charge in [-0.15, -0.1) is 0 Å². The van der Waals surface area contributed by atoms with Crippen molar-refractivity contribution in [3.05, 3.63) is 0 Å².